The standard InChI is InChI=1S/C12H12N4O/c13-6-8-15-10-4-2-1-3-9(10)11-5-7-14-16(11)12(15)17/h1-5,7H,6,8,13H2. The number of nitrogens with zero attached hydrogens (tertiary/aromatic N) is 3. The van der Waals surface area contributed by atoms with Gasteiger partial charge in [0.05, 0.1) is 17.2 Å². The van der Waals surface area contributed by atoms with Crippen LogP contribution in [0.25, 0.3) is 16.4 Å². The van der Waals surface area contributed by atoms with Crippen molar-refractivity contribution in [3.63, 3.8) is 0 Å². The summed E-state index contributed by atoms with van der Waals surface area (Å²) in [6.45, 7) is 0.922. The minimum absolute atomic E-state index is 0.144. The zero-order valence-corrected chi connectivity index (χ0v) is 9.21. The highest BCUT2D eigenvalue weighted by molar-refractivity contribution is 5.93. The highest BCUT2D eigenvalue weighted by Crippen LogP contribution is 2.17. The number of benzene rings is 1. The number of para-hydroxylation sites is 1. The summed E-state index contributed by atoms with van der Waals surface area (Å²) in [5.74, 6) is 0. The zero-order valence-electron chi connectivity index (χ0n) is 9.21. The molecule has 3 rings (SSSR count). The van der Waals surface area contributed by atoms with Crippen LogP contribution in [0.4, 0.5) is 0 Å². The highest BCUT2D eigenvalue weighted by atomic mass is 16.1. The lowest BCUT2D eigenvalue weighted by Crippen LogP contribution is -2.30. The van der Waals surface area contributed by atoms with Crippen LogP contribution in [0.1, 0.15) is 0 Å². The smallest absolute Gasteiger partial charge is 0.329 e. The van der Waals surface area contributed by atoms with Crippen LogP contribution in [-0.4, -0.2) is 20.7 Å². The third-order valence-electron chi connectivity index (χ3n) is 2.88. The van der Waals surface area contributed by atoms with Gasteiger partial charge in [-0.3, -0.25) is 4.57 Å². The monoisotopic (exact) mass is 228 g/mol. The Bertz CT molecular complexity index is 741. The summed E-state index contributed by atoms with van der Waals surface area (Å²) in [6.07, 6.45) is 1.63. The van der Waals surface area contributed by atoms with E-state index in [9.17, 15) is 4.79 Å². The second-order valence-electron chi connectivity index (χ2n) is 3.87. The molecule has 0 aliphatic rings. The van der Waals surface area contributed by atoms with Gasteiger partial charge >= 0.3 is 5.69 Å². The van der Waals surface area contributed by atoms with Crippen molar-refractivity contribution < 1.29 is 0 Å². The maximum absolute atomic E-state index is 12.2. The summed E-state index contributed by atoms with van der Waals surface area (Å²) in [7, 11) is 0. The molecule has 0 atom stereocenters. The molecular formula is C12H12N4O. The first kappa shape index (κ1) is 10.0. The van der Waals surface area contributed by atoms with Crippen LogP contribution < -0.4 is 11.4 Å². The van der Waals surface area contributed by atoms with Gasteiger partial charge in [-0.1, -0.05) is 18.2 Å². The van der Waals surface area contributed by atoms with E-state index in [1.165, 1.54) is 4.52 Å². The average Bonchev–Trinajstić information content (AvgIpc) is 2.84. The summed E-state index contributed by atoms with van der Waals surface area (Å²) in [6, 6.07) is 9.63. The molecule has 1 aromatic carbocycles. The van der Waals surface area contributed by atoms with Crippen LogP contribution in [0.5, 0.6) is 0 Å². The van der Waals surface area contributed by atoms with Crippen molar-refractivity contribution in [2.45, 2.75) is 6.54 Å². The second-order valence-corrected chi connectivity index (χ2v) is 3.87. The van der Waals surface area contributed by atoms with Crippen molar-refractivity contribution in [1.29, 1.82) is 0 Å². The molecule has 0 aliphatic heterocycles. The molecule has 0 saturated heterocycles. The largest absolute Gasteiger partial charge is 0.349 e. The molecule has 0 saturated carbocycles. The first-order valence-electron chi connectivity index (χ1n) is 5.48. The maximum Gasteiger partial charge on any atom is 0.349 e. The predicted molar refractivity (Wildman–Crippen MR) is 66.0 cm³/mol. The summed E-state index contributed by atoms with van der Waals surface area (Å²) >= 11 is 0. The lowest BCUT2D eigenvalue weighted by atomic mass is 10.2. The first-order valence-corrected chi connectivity index (χ1v) is 5.48. The van der Waals surface area contributed by atoms with Gasteiger partial charge in [0, 0.05) is 18.5 Å². The fourth-order valence-corrected chi connectivity index (χ4v) is 2.15. The molecule has 5 nitrogen and oxygen atoms in total. The highest BCUT2D eigenvalue weighted by Gasteiger charge is 2.09. The summed E-state index contributed by atoms with van der Waals surface area (Å²) < 4.78 is 3.08. The van der Waals surface area contributed by atoms with Crippen LogP contribution in [-0.2, 0) is 6.54 Å². The Morgan fingerprint density at radius 2 is 2.00 bits per heavy atom. The Kier molecular flexibility index (Phi) is 2.19. The van der Waals surface area contributed by atoms with Crippen molar-refractivity contribution in [2.75, 3.05) is 6.54 Å². The van der Waals surface area contributed by atoms with Crippen molar-refractivity contribution in [3.05, 3.63) is 47.0 Å². The van der Waals surface area contributed by atoms with Gasteiger partial charge in [0.1, 0.15) is 0 Å². The van der Waals surface area contributed by atoms with Gasteiger partial charge in [-0.2, -0.15) is 9.61 Å². The minimum Gasteiger partial charge on any atom is -0.329 e. The van der Waals surface area contributed by atoms with Crippen molar-refractivity contribution >= 4 is 16.4 Å². The first-order chi connectivity index (χ1) is 8.33. The van der Waals surface area contributed by atoms with Crippen molar-refractivity contribution in [1.82, 2.24) is 14.2 Å². The number of rotatable bonds is 2. The Hall–Kier alpha value is -2.14. The van der Waals surface area contributed by atoms with E-state index in [0.717, 1.165) is 16.4 Å². The van der Waals surface area contributed by atoms with Gasteiger partial charge in [-0.25, -0.2) is 4.79 Å². The van der Waals surface area contributed by atoms with Gasteiger partial charge in [0.25, 0.3) is 0 Å². The Morgan fingerprint density at radius 1 is 1.18 bits per heavy atom. The normalized spacial score (nSPS) is 11.4. The zero-order chi connectivity index (χ0) is 11.8. The fraction of sp³-hybridized carbons (Fsp3) is 0.167. The van der Waals surface area contributed by atoms with E-state index < -0.39 is 0 Å². The van der Waals surface area contributed by atoms with Crippen molar-refractivity contribution in [2.24, 2.45) is 5.73 Å². The van der Waals surface area contributed by atoms with E-state index in [0.29, 0.717) is 13.1 Å². The van der Waals surface area contributed by atoms with Crippen LogP contribution in [0.2, 0.25) is 0 Å². The van der Waals surface area contributed by atoms with E-state index in [2.05, 4.69) is 5.10 Å². The molecule has 17 heavy (non-hydrogen) atoms. The average molecular weight is 228 g/mol. The number of hydrogen-bond acceptors (Lipinski definition) is 3. The maximum atomic E-state index is 12.2. The molecule has 0 radical (unpaired) electrons. The number of nitrogens with two attached hydrogens (primary N) is 1. The molecule has 3 aromatic rings. The van der Waals surface area contributed by atoms with E-state index in [4.69, 9.17) is 5.73 Å². The van der Waals surface area contributed by atoms with Crippen LogP contribution in [0.15, 0.2) is 41.3 Å². The van der Waals surface area contributed by atoms with E-state index in [1.807, 2.05) is 30.3 Å². The summed E-state index contributed by atoms with van der Waals surface area (Å²) in [5.41, 5.74) is 7.14. The molecule has 86 valence electrons. The van der Waals surface area contributed by atoms with Crippen molar-refractivity contribution in [3.8, 4) is 0 Å². The molecule has 0 aliphatic carbocycles. The molecule has 0 spiro atoms. The SMILES string of the molecule is NCCn1c(=O)n2nccc2c2ccccc21. The number of fused-ring (bicyclic) bond motifs is 3. The lowest BCUT2D eigenvalue weighted by molar-refractivity contribution is 0.660. The molecule has 0 unspecified atom stereocenters. The fourth-order valence-electron chi connectivity index (χ4n) is 2.15. The molecule has 0 amide bonds. The van der Waals surface area contributed by atoms with Gasteiger partial charge in [0.2, 0.25) is 0 Å². The van der Waals surface area contributed by atoms with Gasteiger partial charge in [-0.05, 0) is 12.1 Å². The van der Waals surface area contributed by atoms with Crippen LogP contribution in [0, 0.1) is 0 Å². The third-order valence-corrected chi connectivity index (χ3v) is 2.88. The van der Waals surface area contributed by atoms with Gasteiger partial charge in [-0.15, -0.1) is 0 Å². The van der Waals surface area contributed by atoms with E-state index in [-0.39, 0.29) is 5.69 Å². The van der Waals surface area contributed by atoms with Crippen LogP contribution in [0.3, 0.4) is 0 Å². The van der Waals surface area contributed by atoms with E-state index >= 15 is 0 Å². The Balaban J connectivity index is 2.57. The van der Waals surface area contributed by atoms with Crippen LogP contribution >= 0.6 is 0 Å². The summed E-state index contributed by atoms with van der Waals surface area (Å²) in [4.78, 5) is 12.2. The molecule has 2 heterocycles. The molecule has 0 fully saturated rings. The Morgan fingerprint density at radius 3 is 2.82 bits per heavy atom. The molecule has 5 heteroatoms. The predicted octanol–water partition coefficient (Wildman–Crippen LogP) is 0.608. The van der Waals surface area contributed by atoms with E-state index in [1.54, 1.807) is 10.8 Å². The quantitative estimate of drug-likeness (QED) is 0.698. The molecule has 2 N–H and O–H groups in total. The van der Waals surface area contributed by atoms with Gasteiger partial charge < -0.3 is 5.73 Å². The summed E-state index contributed by atoms with van der Waals surface area (Å²) in [5, 5.41) is 5.07. The molecule has 0 bridgehead atoms. The number of hydrogen-bond donors (Lipinski definition) is 1. The third kappa shape index (κ3) is 1.36. The Labute approximate surface area is 97.1 Å². The second kappa shape index (κ2) is 3.71. The minimum atomic E-state index is -0.144. The molecule has 2 aromatic heterocycles. The topological polar surface area (TPSA) is 65.3 Å². The molecular weight excluding hydrogens is 216 g/mol. The van der Waals surface area contributed by atoms with Gasteiger partial charge in [0.15, 0.2) is 0 Å². The number of aromatic nitrogens is 3. The lowest BCUT2D eigenvalue weighted by Gasteiger charge is -2.10.